The first-order valence-corrected chi connectivity index (χ1v) is 6.61. The molecular formula is C16H15FN4O. The third-order valence-corrected chi connectivity index (χ3v) is 2.84. The number of amides is 1. The average Bonchev–Trinajstić information content (AvgIpc) is 2.45. The van der Waals surface area contributed by atoms with Gasteiger partial charge in [-0.25, -0.2) is 14.4 Å². The lowest BCUT2D eigenvalue weighted by Gasteiger charge is -2.06. The number of carbonyl (C=O) groups is 1. The zero-order valence-electron chi connectivity index (χ0n) is 12.2. The molecule has 6 heteroatoms. The molecule has 2 rings (SSSR count). The lowest BCUT2D eigenvalue weighted by molar-refractivity contribution is -0.114. The van der Waals surface area contributed by atoms with Gasteiger partial charge in [0.2, 0.25) is 5.91 Å². The SMILES string of the molecule is CC(=O)Nc1cc(C#Cc2nccc(C(C)F)c2N)ccn1. The quantitative estimate of drug-likeness (QED) is 0.834. The number of nitrogens with zero attached hydrogens (tertiary/aromatic N) is 2. The number of pyridine rings is 2. The van der Waals surface area contributed by atoms with Crippen LogP contribution in [0, 0.1) is 11.8 Å². The Labute approximate surface area is 127 Å². The Kier molecular flexibility index (Phi) is 4.69. The van der Waals surface area contributed by atoms with Crippen molar-refractivity contribution < 1.29 is 9.18 Å². The van der Waals surface area contributed by atoms with Crippen molar-refractivity contribution in [2.75, 3.05) is 11.1 Å². The van der Waals surface area contributed by atoms with Crippen molar-refractivity contribution in [3.8, 4) is 11.8 Å². The van der Waals surface area contributed by atoms with E-state index in [2.05, 4.69) is 27.1 Å². The van der Waals surface area contributed by atoms with Crippen LogP contribution in [-0.2, 0) is 4.79 Å². The molecule has 0 saturated carbocycles. The number of anilines is 2. The van der Waals surface area contributed by atoms with Crippen LogP contribution in [0.2, 0.25) is 0 Å². The van der Waals surface area contributed by atoms with Crippen LogP contribution in [0.25, 0.3) is 0 Å². The summed E-state index contributed by atoms with van der Waals surface area (Å²) < 4.78 is 13.4. The third kappa shape index (κ3) is 3.79. The number of nitrogen functional groups attached to an aromatic ring is 1. The van der Waals surface area contributed by atoms with E-state index in [-0.39, 0.29) is 11.6 Å². The molecule has 5 nitrogen and oxygen atoms in total. The fraction of sp³-hybridized carbons (Fsp3) is 0.188. The number of aromatic nitrogens is 2. The van der Waals surface area contributed by atoms with E-state index >= 15 is 0 Å². The maximum atomic E-state index is 13.4. The van der Waals surface area contributed by atoms with Crippen LogP contribution in [0.15, 0.2) is 30.6 Å². The Bertz CT molecular complexity index is 762. The molecule has 22 heavy (non-hydrogen) atoms. The number of nitrogens with two attached hydrogens (primary N) is 1. The molecule has 112 valence electrons. The minimum Gasteiger partial charge on any atom is -0.396 e. The summed E-state index contributed by atoms with van der Waals surface area (Å²) in [5, 5.41) is 2.57. The zero-order valence-corrected chi connectivity index (χ0v) is 12.2. The second kappa shape index (κ2) is 6.68. The van der Waals surface area contributed by atoms with E-state index in [0.717, 1.165) is 0 Å². The summed E-state index contributed by atoms with van der Waals surface area (Å²) in [5.74, 6) is 5.88. The maximum absolute atomic E-state index is 13.4. The zero-order chi connectivity index (χ0) is 16.1. The van der Waals surface area contributed by atoms with Crippen molar-refractivity contribution >= 4 is 17.4 Å². The van der Waals surface area contributed by atoms with Crippen LogP contribution in [0.1, 0.15) is 36.8 Å². The van der Waals surface area contributed by atoms with Gasteiger partial charge in [-0.15, -0.1) is 0 Å². The molecular weight excluding hydrogens is 283 g/mol. The predicted molar refractivity (Wildman–Crippen MR) is 82.7 cm³/mol. The third-order valence-electron chi connectivity index (χ3n) is 2.84. The van der Waals surface area contributed by atoms with Gasteiger partial charge >= 0.3 is 0 Å². The topological polar surface area (TPSA) is 80.9 Å². The summed E-state index contributed by atoms with van der Waals surface area (Å²) >= 11 is 0. The Morgan fingerprint density at radius 1 is 1.32 bits per heavy atom. The molecule has 0 radical (unpaired) electrons. The maximum Gasteiger partial charge on any atom is 0.222 e. The summed E-state index contributed by atoms with van der Waals surface area (Å²) in [5.41, 5.74) is 7.43. The molecule has 0 fully saturated rings. The standard InChI is InChI=1S/C16H15FN4O/c1-10(17)13-6-8-19-14(16(13)18)4-3-12-5-7-20-15(9-12)21-11(2)22/h5-10H,18H2,1-2H3,(H,20,21,22). The highest BCUT2D eigenvalue weighted by atomic mass is 19.1. The Hall–Kier alpha value is -2.94. The summed E-state index contributed by atoms with van der Waals surface area (Å²) in [7, 11) is 0. The largest absolute Gasteiger partial charge is 0.396 e. The Morgan fingerprint density at radius 3 is 2.73 bits per heavy atom. The summed E-state index contributed by atoms with van der Waals surface area (Å²) in [4.78, 5) is 19.1. The van der Waals surface area contributed by atoms with Crippen LogP contribution in [-0.4, -0.2) is 15.9 Å². The Balaban J connectivity index is 2.31. The molecule has 3 N–H and O–H groups in total. The molecule has 0 aliphatic rings. The van der Waals surface area contributed by atoms with E-state index in [1.165, 1.54) is 32.3 Å². The lowest BCUT2D eigenvalue weighted by Crippen LogP contribution is -2.07. The van der Waals surface area contributed by atoms with Crippen LogP contribution >= 0.6 is 0 Å². The van der Waals surface area contributed by atoms with Crippen LogP contribution < -0.4 is 11.1 Å². The molecule has 2 heterocycles. The fourth-order valence-corrected chi connectivity index (χ4v) is 1.82. The molecule has 0 aliphatic heterocycles. The highest BCUT2D eigenvalue weighted by Gasteiger charge is 2.10. The molecule has 1 atom stereocenters. The fourth-order valence-electron chi connectivity index (χ4n) is 1.82. The van der Waals surface area contributed by atoms with Gasteiger partial charge < -0.3 is 11.1 Å². The highest BCUT2D eigenvalue weighted by Crippen LogP contribution is 2.24. The molecule has 2 aromatic heterocycles. The van der Waals surface area contributed by atoms with Crippen LogP contribution in [0.5, 0.6) is 0 Å². The summed E-state index contributed by atoms with van der Waals surface area (Å²) in [6, 6.07) is 4.86. The number of halogens is 1. The predicted octanol–water partition coefficient (Wildman–Crippen LogP) is 2.45. The van der Waals surface area contributed by atoms with Gasteiger partial charge in [0.15, 0.2) is 0 Å². The first-order chi connectivity index (χ1) is 10.5. The van der Waals surface area contributed by atoms with E-state index in [4.69, 9.17) is 5.73 Å². The minimum absolute atomic E-state index is 0.215. The number of nitrogens with one attached hydrogen (secondary N) is 1. The van der Waals surface area contributed by atoms with Gasteiger partial charge in [-0.05, 0) is 31.0 Å². The first kappa shape index (κ1) is 15.4. The number of hydrogen-bond donors (Lipinski definition) is 2. The van der Waals surface area contributed by atoms with E-state index in [9.17, 15) is 9.18 Å². The van der Waals surface area contributed by atoms with E-state index in [1.54, 1.807) is 12.1 Å². The normalized spacial score (nSPS) is 11.2. The number of hydrogen-bond acceptors (Lipinski definition) is 4. The number of rotatable bonds is 2. The van der Waals surface area contributed by atoms with E-state index < -0.39 is 6.17 Å². The Morgan fingerprint density at radius 2 is 2.05 bits per heavy atom. The first-order valence-electron chi connectivity index (χ1n) is 6.61. The lowest BCUT2D eigenvalue weighted by atomic mass is 10.1. The molecule has 0 aromatic carbocycles. The summed E-state index contributed by atoms with van der Waals surface area (Å²) in [6.45, 7) is 2.81. The van der Waals surface area contributed by atoms with Crippen LogP contribution in [0.4, 0.5) is 15.9 Å². The second-order valence-electron chi connectivity index (χ2n) is 4.64. The average molecular weight is 298 g/mol. The van der Waals surface area contributed by atoms with E-state index in [0.29, 0.717) is 22.6 Å². The molecule has 1 amide bonds. The van der Waals surface area contributed by atoms with Crippen LogP contribution in [0.3, 0.4) is 0 Å². The van der Waals surface area contributed by atoms with Gasteiger partial charge in [-0.2, -0.15) is 0 Å². The molecule has 0 saturated heterocycles. The van der Waals surface area contributed by atoms with Crippen molar-refractivity contribution in [2.24, 2.45) is 0 Å². The van der Waals surface area contributed by atoms with Gasteiger partial charge in [0.1, 0.15) is 17.7 Å². The monoisotopic (exact) mass is 298 g/mol. The van der Waals surface area contributed by atoms with Crippen molar-refractivity contribution in [2.45, 2.75) is 20.0 Å². The minimum atomic E-state index is -1.18. The van der Waals surface area contributed by atoms with Gasteiger partial charge in [0.25, 0.3) is 0 Å². The molecule has 0 spiro atoms. The van der Waals surface area contributed by atoms with E-state index in [1.807, 2.05) is 0 Å². The van der Waals surface area contributed by atoms with Crippen molar-refractivity contribution in [1.82, 2.24) is 9.97 Å². The smallest absolute Gasteiger partial charge is 0.222 e. The van der Waals surface area contributed by atoms with Gasteiger partial charge in [0, 0.05) is 30.4 Å². The molecule has 1 unspecified atom stereocenters. The molecule has 0 bridgehead atoms. The van der Waals surface area contributed by atoms with Crippen molar-refractivity contribution in [3.05, 3.63) is 47.4 Å². The molecule has 2 aromatic rings. The highest BCUT2D eigenvalue weighted by molar-refractivity contribution is 5.87. The van der Waals surface area contributed by atoms with Crippen molar-refractivity contribution in [1.29, 1.82) is 0 Å². The molecule has 0 aliphatic carbocycles. The van der Waals surface area contributed by atoms with Gasteiger partial charge in [0.05, 0.1) is 5.69 Å². The number of alkyl halides is 1. The number of carbonyl (C=O) groups excluding carboxylic acids is 1. The van der Waals surface area contributed by atoms with Gasteiger partial charge in [-0.1, -0.05) is 5.92 Å². The second-order valence-corrected chi connectivity index (χ2v) is 4.64. The summed E-state index contributed by atoms with van der Waals surface area (Å²) in [6.07, 6.45) is 1.82. The van der Waals surface area contributed by atoms with Crippen molar-refractivity contribution in [3.63, 3.8) is 0 Å². The van der Waals surface area contributed by atoms with Gasteiger partial charge in [-0.3, -0.25) is 4.79 Å².